The van der Waals surface area contributed by atoms with Crippen LogP contribution in [0.2, 0.25) is 0 Å². The van der Waals surface area contributed by atoms with E-state index in [4.69, 9.17) is 5.73 Å². The average Bonchev–Trinajstić information content (AvgIpc) is 2.44. The molecule has 2 aromatic rings. The molecule has 0 atom stereocenters. The molecule has 0 saturated heterocycles. The van der Waals surface area contributed by atoms with Crippen molar-refractivity contribution in [3.05, 3.63) is 40.9 Å². The number of thiocarbonyl (C=S) groups is 1. The maximum atomic E-state index is 11.7. The molecule has 21 heavy (non-hydrogen) atoms. The first-order valence-electron chi connectivity index (χ1n) is 6.02. The Hall–Kier alpha value is -1.99. The van der Waals surface area contributed by atoms with Crippen molar-refractivity contribution in [1.29, 1.82) is 0 Å². The van der Waals surface area contributed by atoms with E-state index in [2.05, 4.69) is 38.8 Å². The van der Waals surface area contributed by atoms with Gasteiger partial charge >= 0.3 is 11.8 Å². The smallest absolute Gasteiger partial charge is 0.313 e. The van der Waals surface area contributed by atoms with Gasteiger partial charge in [-0.05, 0) is 35.0 Å². The predicted molar refractivity (Wildman–Crippen MR) is 90.1 cm³/mol. The van der Waals surface area contributed by atoms with Crippen molar-refractivity contribution in [2.75, 3.05) is 11.9 Å². The van der Waals surface area contributed by atoms with E-state index in [0.717, 1.165) is 15.2 Å². The number of benzene rings is 2. The molecule has 2 amide bonds. The molecule has 0 aliphatic carbocycles. The van der Waals surface area contributed by atoms with Crippen LogP contribution in [-0.2, 0) is 9.59 Å². The van der Waals surface area contributed by atoms with Crippen molar-refractivity contribution >= 4 is 61.4 Å². The van der Waals surface area contributed by atoms with E-state index in [0.29, 0.717) is 5.69 Å². The number of fused-ring (bicyclic) bond motifs is 1. The molecule has 0 heterocycles. The van der Waals surface area contributed by atoms with Gasteiger partial charge in [-0.3, -0.25) is 9.59 Å². The molecule has 7 heteroatoms. The molecule has 0 bridgehead atoms. The largest absolute Gasteiger partial charge is 0.392 e. The third-order valence-corrected chi connectivity index (χ3v) is 3.33. The molecule has 0 radical (unpaired) electrons. The molecule has 2 aromatic carbocycles. The Bertz CT molecular complexity index is 733. The molecule has 108 valence electrons. The van der Waals surface area contributed by atoms with Crippen LogP contribution in [0.1, 0.15) is 0 Å². The van der Waals surface area contributed by atoms with Gasteiger partial charge in [-0.25, -0.2) is 0 Å². The topological polar surface area (TPSA) is 84.2 Å². The fraction of sp³-hybridized carbons (Fsp3) is 0.0714. The maximum Gasteiger partial charge on any atom is 0.313 e. The number of carbonyl (C=O) groups excluding carboxylic acids is 2. The van der Waals surface area contributed by atoms with Crippen molar-refractivity contribution < 1.29 is 9.59 Å². The number of carbonyl (C=O) groups is 2. The molecule has 0 aromatic heterocycles. The third-order valence-electron chi connectivity index (χ3n) is 2.69. The van der Waals surface area contributed by atoms with E-state index in [1.54, 1.807) is 12.1 Å². The van der Waals surface area contributed by atoms with Crippen LogP contribution in [0.25, 0.3) is 10.8 Å². The molecule has 0 aliphatic rings. The normalized spacial score (nSPS) is 10.1. The second kappa shape index (κ2) is 6.64. The number of rotatable bonds is 3. The Labute approximate surface area is 135 Å². The molecule has 0 saturated carbocycles. The van der Waals surface area contributed by atoms with Crippen LogP contribution in [0.15, 0.2) is 40.9 Å². The first-order valence-corrected chi connectivity index (χ1v) is 7.22. The summed E-state index contributed by atoms with van der Waals surface area (Å²) in [4.78, 5) is 23.3. The number of nitrogens with one attached hydrogen (secondary N) is 2. The lowest BCUT2D eigenvalue weighted by atomic mass is 10.1. The highest BCUT2D eigenvalue weighted by Crippen LogP contribution is 2.22. The first-order chi connectivity index (χ1) is 9.95. The van der Waals surface area contributed by atoms with E-state index in [9.17, 15) is 9.59 Å². The second-order valence-electron chi connectivity index (χ2n) is 4.31. The van der Waals surface area contributed by atoms with E-state index < -0.39 is 11.8 Å². The molecule has 0 unspecified atom stereocenters. The number of hydrogen-bond acceptors (Lipinski definition) is 3. The van der Waals surface area contributed by atoms with E-state index >= 15 is 0 Å². The zero-order valence-electron chi connectivity index (χ0n) is 10.9. The standard InChI is InChI=1S/C14H12BrN3O2S/c15-10-3-1-9-6-11(4-2-8(9)5-10)18-14(20)13(19)17-7-12(16)21/h1-6H,7H2,(H2,16,21)(H,17,19)(H,18,20). The summed E-state index contributed by atoms with van der Waals surface area (Å²) in [6, 6.07) is 11.2. The fourth-order valence-electron chi connectivity index (χ4n) is 1.73. The highest BCUT2D eigenvalue weighted by molar-refractivity contribution is 9.10. The van der Waals surface area contributed by atoms with Crippen LogP contribution < -0.4 is 16.4 Å². The minimum absolute atomic E-state index is 0.00661. The van der Waals surface area contributed by atoms with Crippen molar-refractivity contribution in [1.82, 2.24) is 5.32 Å². The lowest BCUT2D eigenvalue weighted by Gasteiger charge is -2.07. The number of hydrogen-bond donors (Lipinski definition) is 3. The van der Waals surface area contributed by atoms with Crippen LogP contribution in [0.5, 0.6) is 0 Å². The Morgan fingerprint density at radius 3 is 2.48 bits per heavy atom. The average molecular weight is 366 g/mol. The van der Waals surface area contributed by atoms with Gasteiger partial charge in [0, 0.05) is 10.2 Å². The quantitative estimate of drug-likeness (QED) is 0.573. The van der Waals surface area contributed by atoms with Crippen molar-refractivity contribution in [2.24, 2.45) is 5.73 Å². The highest BCUT2D eigenvalue weighted by Gasteiger charge is 2.13. The van der Waals surface area contributed by atoms with Gasteiger partial charge in [0.15, 0.2) is 0 Å². The van der Waals surface area contributed by atoms with Gasteiger partial charge in [-0.2, -0.15) is 0 Å². The van der Waals surface area contributed by atoms with Gasteiger partial charge in [0.05, 0.1) is 11.5 Å². The third kappa shape index (κ3) is 4.24. The minimum Gasteiger partial charge on any atom is -0.392 e. The molecule has 2 rings (SSSR count). The van der Waals surface area contributed by atoms with E-state index in [-0.39, 0.29) is 11.5 Å². The summed E-state index contributed by atoms with van der Waals surface area (Å²) in [6.07, 6.45) is 0. The minimum atomic E-state index is -0.779. The van der Waals surface area contributed by atoms with Gasteiger partial charge < -0.3 is 16.4 Å². The van der Waals surface area contributed by atoms with Crippen molar-refractivity contribution in [3.8, 4) is 0 Å². The predicted octanol–water partition coefficient (Wildman–Crippen LogP) is 1.94. The van der Waals surface area contributed by atoms with Crippen LogP contribution in [0.3, 0.4) is 0 Å². The molecule has 5 nitrogen and oxygen atoms in total. The number of anilines is 1. The molecular weight excluding hydrogens is 354 g/mol. The maximum absolute atomic E-state index is 11.7. The Balaban J connectivity index is 2.09. The zero-order valence-corrected chi connectivity index (χ0v) is 13.3. The number of amides is 2. The Kier molecular flexibility index (Phi) is 4.87. The van der Waals surface area contributed by atoms with Gasteiger partial charge in [0.25, 0.3) is 0 Å². The van der Waals surface area contributed by atoms with Gasteiger partial charge in [0.2, 0.25) is 0 Å². The van der Waals surface area contributed by atoms with Crippen LogP contribution in [-0.4, -0.2) is 23.3 Å². The summed E-state index contributed by atoms with van der Waals surface area (Å²) in [5, 5.41) is 6.83. The van der Waals surface area contributed by atoms with E-state index in [1.165, 1.54) is 0 Å². The summed E-state index contributed by atoms with van der Waals surface area (Å²) in [7, 11) is 0. The first kappa shape index (κ1) is 15.4. The van der Waals surface area contributed by atoms with Gasteiger partial charge in [-0.15, -0.1) is 0 Å². The lowest BCUT2D eigenvalue weighted by molar-refractivity contribution is -0.135. The van der Waals surface area contributed by atoms with Gasteiger partial charge in [0.1, 0.15) is 0 Å². The summed E-state index contributed by atoms with van der Waals surface area (Å²) in [6.45, 7) is -0.00661. The van der Waals surface area contributed by atoms with Crippen LogP contribution in [0, 0.1) is 0 Å². The molecule has 0 aliphatic heterocycles. The number of halogens is 1. The molecular formula is C14H12BrN3O2S. The molecule has 0 fully saturated rings. The summed E-state index contributed by atoms with van der Waals surface area (Å²) >= 11 is 8.02. The SMILES string of the molecule is NC(=S)CNC(=O)C(=O)Nc1ccc2cc(Br)ccc2c1. The summed E-state index contributed by atoms with van der Waals surface area (Å²) in [5.74, 6) is -1.54. The second-order valence-corrected chi connectivity index (χ2v) is 5.75. The van der Waals surface area contributed by atoms with Crippen LogP contribution in [0.4, 0.5) is 5.69 Å². The summed E-state index contributed by atoms with van der Waals surface area (Å²) in [5.41, 5.74) is 5.79. The molecule has 0 spiro atoms. The molecule has 4 N–H and O–H groups in total. The fourth-order valence-corrected chi connectivity index (χ4v) is 2.18. The zero-order chi connectivity index (χ0) is 15.4. The van der Waals surface area contributed by atoms with Crippen LogP contribution >= 0.6 is 28.1 Å². The highest BCUT2D eigenvalue weighted by atomic mass is 79.9. The van der Waals surface area contributed by atoms with Gasteiger partial charge in [-0.1, -0.05) is 40.3 Å². The Morgan fingerprint density at radius 2 is 1.76 bits per heavy atom. The Morgan fingerprint density at radius 1 is 1.10 bits per heavy atom. The monoisotopic (exact) mass is 365 g/mol. The number of nitrogens with two attached hydrogens (primary N) is 1. The lowest BCUT2D eigenvalue weighted by Crippen LogP contribution is -2.39. The van der Waals surface area contributed by atoms with E-state index in [1.807, 2.05) is 24.3 Å². The van der Waals surface area contributed by atoms with Crippen molar-refractivity contribution in [2.45, 2.75) is 0 Å². The van der Waals surface area contributed by atoms with Crippen molar-refractivity contribution in [3.63, 3.8) is 0 Å². The summed E-state index contributed by atoms with van der Waals surface area (Å²) < 4.78 is 0.976.